The molecule has 4 aromatic carbocycles. The number of phenolic OH excluding ortho intramolecular Hbond substituents is 2. The van der Waals surface area contributed by atoms with Gasteiger partial charge in [-0.05, 0) is 36.4 Å². The van der Waals surface area contributed by atoms with Gasteiger partial charge < -0.3 is 10.2 Å². The van der Waals surface area contributed by atoms with E-state index in [-0.39, 0.29) is 37.7 Å². The van der Waals surface area contributed by atoms with E-state index < -0.39 is 0 Å². The van der Waals surface area contributed by atoms with Crippen molar-refractivity contribution in [3.63, 3.8) is 0 Å². The van der Waals surface area contributed by atoms with Crippen LogP contribution in [-0.4, -0.2) is 10.2 Å². The van der Waals surface area contributed by atoms with Crippen molar-refractivity contribution in [1.29, 1.82) is 0 Å². The predicted molar refractivity (Wildman–Crippen MR) is 110 cm³/mol. The van der Waals surface area contributed by atoms with Gasteiger partial charge in [0.15, 0.2) is 0 Å². The van der Waals surface area contributed by atoms with Crippen molar-refractivity contribution in [2.75, 3.05) is 0 Å². The van der Waals surface area contributed by atoms with E-state index in [0.29, 0.717) is 10.0 Å². The van der Waals surface area contributed by atoms with Crippen LogP contribution < -0.4 is 0 Å². The number of halogens is 2. The Hall–Kier alpha value is -1.80. The Balaban J connectivity index is 0.000000337. The fourth-order valence-electron chi connectivity index (χ4n) is 1.59. The van der Waals surface area contributed by atoms with Crippen molar-refractivity contribution in [3.8, 4) is 11.5 Å². The van der Waals surface area contributed by atoms with Crippen LogP contribution in [0.25, 0.3) is 0 Å². The van der Waals surface area contributed by atoms with Crippen LogP contribution in [0.1, 0.15) is 0 Å². The van der Waals surface area contributed by atoms with Crippen LogP contribution >= 0.6 is 23.2 Å². The smallest absolute Gasteiger partial charge is 0.508 e. The first-order valence-corrected chi connectivity index (χ1v) is 8.56. The van der Waals surface area contributed by atoms with Crippen LogP contribution in [0.4, 0.5) is 0 Å². The molecule has 0 aliphatic carbocycles. The Morgan fingerprint density at radius 3 is 1.04 bits per heavy atom. The Morgan fingerprint density at radius 2 is 0.889 bits per heavy atom. The summed E-state index contributed by atoms with van der Waals surface area (Å²) in [5.74, 6) is 0.412. The van der Waals surface area contributed by atoms with Crippen molar-refractivity contribution < 1.29 is 36.4 Å². The molecule has 0 atom stereocenters. The third kappa shape index (κ3) is 15.0. The number of benzene rings is 2. The zero-order valence-corrected chi connectivity index (χ0v) is 18.5. The summed E-state index contributed by atoms with van der Waals surface area (Å²) in [5, 5.41) is 18.6. The molecular weight excluding hydrogens is 458 g/mol. The van der Waals surface area contributed by atoms with Crippen LogP contribution in [-0.2, 0) is 26.2 Å². The second-order valence-electron chi connectivity index (χ2n) is 4.88. The van der Waals surface area contributed by atoms with Gasteiger partial charge in [0.2, 0.25) is 0 Å². The maximum Gasteiger partial charge on any atom is 2.00 e. The number of aromatic hydroxyl groups is 2. The van der Waals surface area contributed by atoms with E-state index in [0.717, 1.165) is 0 Å². The van der Waals surface area contributed by atoms with Crippen LogP contribution in [0.15, 0.2) is 109 Å². The molecule has 0 saturated carbocycles. The van der Waals surface area contributed by atoms with Gasteiger partial charge in [0.25, 0.3) is 0 Å². The largest absolute Gasteiger partial charge is 2.00 e. The molecule has 0 amide bonds. The van der Waals surface area contributed by atoms with E-state index in [1.54, 1.807) is 36.4 Å². The van der Waals surface area contributed by atoms with Gasteiger partial charge in [0, 0.05) is 10.0 Å². The van der Waals surface area contributed by atoms with Gasteiger partial charge in [0.05, 0.1) is 0 Å². The quantitative estimate of drug-likeness (QED) is 0.270. The molecule has 138 valence electrons. The van der Waals surface area contributed by atoms with Gasteiger partial charge in [-0.2, -0.15) is 36.4 Å². The summed E-state index contributed by atoms with van der Waals surface area (Å²) in [4.78, 5) is 0. The molecule has 0 bridgehead atoms. The SMILES string of the molecule is Oc1cccc(Cl)c1.Oc1cccc(Cl)c1.[Zr+2].c1cc[cH-]c1.c1cc[cH-]c1. The van der Waals surface area contributed by atoms with Gasteiger partial charge in [0.1, 0.15) is 11.5 Å². The molecule has 4 rings (SSSR count). The Kier molecular flexibility index (Phi) is 15.3. The summed E-state index contributed by atoms with van der Waals surface area (Å²) in [7, 11) is 0. The molecule has 0 heterocycles. The number of hydrogen-bond acceptors (Lipinski definition) is 2. The molecule has 2 N–H and O–H groups in total. The molecule has 5 heteroatoms. The molecule has 0 saturated heterocycles. The second kappa shape index (κ2) is 16.4. The fourth-order valence-corrected chi connectivity index (χ4v) is 1.96. The third-order valence-corrected chi connectivity index (χ3v) is 3.20. The Bertz CT molecular complexity index is 662. The zero-order chi connectivity index (χ0) is 19.0. The zero-order valence-electron chi connectivity index (χ0n) is 14.5. The molecule has 27 heavy (non-hydrogen) atoms. The summed E-state index contributed by atoms with van der Waals surface area (Å²) in [6, 6.07) is 32.9. The average Bonchev–Trinajstić information content (AvgIpc) is 3.34. The van der Waals surface area contributed by atoms with E-state index in [2.05, 4.69) is 0 Å². The van der Waals surface area contributed by atoms with Crippen LogP contribution in [0.5, 0.6) is 11.5 Å². The van der Waals surface area contributed by atoms with Crippen molar-refractivity contribution >= 4 is 23.2 Å². The first-order chi connectivity index (χ1) is 12.6. The number of rotatable bonds is 0. The summed E-state index contributed by atoms with van der Waals surface area (Å²) in [6.45, 7) is 0. The van der Waals surface area contributed by atoms with Crippen LogP contribution in [0.3, 0.4) is 0 Å². The molecule has 0 aromatic heterocycles. The van der Waals surface area contributed by atoms with Crippen molar-refractivity contribution in [2.24, 2.45) is 0 Å². The van der Waals surface area contributed by atoms with E-state index in [9.17, 15) is 0 Å². The monoisotopic (exact) mass is 476 g/mol. The topological polar surface area (TPSA) is 40.5 Å². The number of hydrogen-bond donors (Lipinski definition) is 2. The molecule has 0 radical (unpaired) electrons. The predicted octanol–water partition coefficient (Wildman–Crippen LogP) is 6.90. The summed E-state index contributed by atoms with van der Waals surface area (Å²) < 4.78 is 0. The van der Waals surface area contributed by atoms with Gasteiger partial charge in [-0.25, -0.2) is 24.3 Å². The minimum atomic E-state index is 0. The normalized spacial score (nSPS) is 8.37. The maximum absolute atomic E-state index is 8.73. The third-order valence-electron chi connectivity index (χ3n) is 2.73. The summed E-state index contributed by atoms with van der Waals surface area (Å²) >= 11 is 11.0. The Labute approximate surface area is 189 Å². The van der Waals surface area contributed by atoms with E-state index >= 15 is 0 Å². The molecule has 0 unspecified atom stereocenters. The summed E-state index contributed by atoms with van der Waals surface area (Å²) in [6.07, 6.45) is 0. The van der Waals surface area contributed by atoms with Crippen molar-refractivity contribution in [3.05, 3.63) is 119 Å². The standard InChI is InChI=1S/2C6H5ClO.2C5H5.Zr/c2*7-5-2-1-3-6(8)4-5;2*1-2-4-5-3-1;/h2*1-4,8H;2*1-5H;/q;;2*-1;+2. The van der Waals surface area contributed by atoms with E-state index in [1.165, 1.54) is 12.1 Å². The minimum Gasteiger partial charge on any atom is -0.508 e. The van der Waals surface area contributed by atoms with Gasteiger partial charge in [-0.1, -0.05) is 35.3 Å². The molecule has 0 spiro atoms. The molecule has 0 fully saturated rings. The van der Waals surface area contributed by atoms with E-state index in [1.807, 2.05) is 60.7 Å². The van der Waals surface area contributed by atoms with Gasteiger partial charge >= 0.3 is 26.2 Å². The average molecular weight is 479 g/mol. The second-order valence-corrected chi connectivity index (χ2v) is 5.76. The first-order valence-electron chi connectivity index (χ1n) is 7.80. The maximum atomic E-state index is 8.73. The Morgan fingerprint density at radius 1 is 0.556 bits per heavy atom. The van der Waals surface area contributed by atoms with E-state index in [4.69, 9.17) is 33.4 Å². The molecule has 2 nitrogen and oxygen atoms in total. The van der Waals surface area contributed by atoms with Crippen LogP contribution in [0.2, 0.25) is 10.0 Å². The molecule has 0 aliphatic heterocycles. The summed E-state index contributed by atoms with van der Waals surface area (Å²) in [5.41, 5.74) is 0. The fraction of sp³-hybridized carbons (Fsp3) is 0. The van der Waals surface area contributed by atoms with Gasteiger partial charge in [-0.3, -0.25) is 0 Å². The van der Waals surface area contributed by atoms with Crippen LogP contribution in [0, 0.1) is 0 Å². The van der Waals surface area contributed by atoms with Gasteiger partial charge in [-0.15, -0.1) is 0 Å². The minimum absolute atomic E-state index is 0. The van der Waals surface area contributed by atoms with Crippen molar-refractivity contribution in [1.82, 2.24) is 0 Å². The molecule has 4 aromatic rings. The molecule has 0 aliphatic rings. The number of phenols is 2. The van der Waals surface area contributed by atoms with Crippen molar-refractivity contribution in [2.45, 2.75) is 0 Å². The molecular formula is C22H20Cl2O2Zr. The first kappa shape index (κ1) is 25.2.